The maximum atomic E-state index is 12.2. The van der Waals surface area contributed by atoms with Gasteiger partial charge in [-0.1, -0.05) is 0 Å². The zero-order chi connectivity index (χ0) is 13.4. The molecular formula is C12H12N2O3S. The first-order valence-electron chi connectivity index (χ1n) is 5.43. The van der Waals surface area contributed by atoms with E-state index >= 15 is 0 Å². The van der Waals surface area contributed by atoms with Gasteiger partial charge in [0.1, 0.15) is 0 Å². The fourth-order valence-electron chi connectivity index (χ4n) is 1.83. The molecule has 2 aromatic rings. The molecule has 0 saturated heterocycles. The number of aromatic amines is 1. The Morgan fingerprint density at radius 1 is 1.44 bits per heavy atom. The average molecular weight is 264 g/mol. The van der Waals surface area contributed by atoms with Gasteiger partial charge in [-0.25, -0.2) is 4.79 Å². The highest BCUT2D eigenvalue weighted by Crippen LogP contribution is 2.12. The molecule has 94 valence electrons. The van der Waals surface area contributed by atoms with Crippen molar-refractivity contribution in [2.75, 3.05) is 0 Å². The summed E-state index contributed by atoms with van der Waals surface area (Å²) in [5.41, 5.74) is 0.359. The minimum atomic E-state index is -1.04. The van der Waals surface area contributed by atoms with Crippen molar-refractivity contribution in [1.82, 2.24) is 9.55 Å². The second-order valence-electron chi connectivity index (χ2n) is 4.26. The molecule has 18 heavy (non-hydrogen) atoms. The second-order valence-corrected chi connectivity index (χ2v) is 4.65. The maximum absolute atomic E-state index is 12.2. The quantitative estimate of drug-likeness (QED) is 0.816. The van der Waals surface area contributed by atoms with E-state index in [4.69, 9.17) is 17.3 Å². The predicted octanol–water partition coefficient (Wildman–Crippen LogP) is 2.34. The number of carboxylic acid groups (broad SMARTS) is 1. The molecule has 0 bridgehead atoms. The molecule has 0 atom stereocenters. The molecule has 0 spiro atoms. The molecule has 5 nitrogen and oxygen atoms in total. The molecule has 1 heterocycles. The lowest BCUT2D eigenvalue weighted by Crippen LogP contribution is -2.23. The number of nitrogens with one attached hydrogen (secondary N) is 1. The van der Waals surface area contributed by atoms with Gasteiger partial charge < -0.3 is 10.1 Å². The number of H-pyrrole nitrogens is 1. The SMILES string of the molecule is CC(C)n1c(=S)[nH]c2cc(C(=O)O)ccc2c1=O. The van der Waals surface area contributed by atoms with Crippen LogP contribution in [0.15, 0.2) is 23.0 Å². The first-order valence-corrected chi connectivity index (χ1v) is 5.84. The van der Waals surface area contributed by atoms with Crippen molar-refractivity contribution in [3.8, 4) is 0 Å². The van der Waals surface area contributed by atoms with Gasteiger partial charge in [-0.05, 0) is 44.3 Å². The van der Waals surface area contributed by atoms with Gasteiger partial charge in [0, 0.05) is 6.04 Å². The predicted molar refractivity (Wildman–Crippen MR) is 70.7 cm³/mol. The summed E-state index contributed by atoms with van der Waals surface area (Å²) in [7, 11) is 0. The Hall–Kier alpha value is -1.95. The molecular weight excluding hydrogens is 252 g/mol. The highest BCUT2D eigenvalue weighted by Gasteiger charge is 2.10. The summed E-state index contributed by atoms with van der Waals surface area (Å²) in [6.45, 7) is 3.73. The summed E-state index contributed by atoms with van der Waals surface area (Å²) in [5.74, 6) is -1.04. The Morgan fingerprint density at radius 3 is 2.67 bits per heavy atom. The van der Waals surface area contributed by atoms with E-state index in [1.54, 1.807) is 0 Å². The second kappa shape index (κ2) is 4.38. The van der Waals surface area contributed by atoms with E-state index in [9.17, 15) is 9.59 Å². The van der Waals surface area contributed by atoms with Crippen molar-refractivity contribution < 1.29 is 9.90 Å². The van der Waals surface area contributed by atoms with Crippen molar-refractivity contribution in [2.45, 2.75) is 19.9 Å². The largest absolute Gasteiger partial charge is 0.478 e. The molecule has 2 N–H and O–H groups in total. The van der Waals surface area contributed by atoms with Gasteiger partial charge in [-0.15, -0.1) is 0 Å². The lowest BCUT2D eigenvalue weighted by atomic mass is 10.1. The Morgan fingerprint density at radius 2 is 2.11 bits per heavy atom. The van der Waals surface area contributed by atoms with E-state index < -0.39 is 5.97 Å². The van der Waals surface area contributed by atoms with E-state index in [0.717, 1.165) is 0 Å². The summed E-state index contributed by atoms with van der Waals surface area (Å²) < 4.78 is 1.77. The average Bonchev–Trinajstić information content (AvgIpc) is 2.27. The summed E-state index contributed by atoms with van der Waals surface area (Å²) in [5, 5.41) is 9.34. The lowest BCUT2D eigenvalue weighted by Gasteiger charge is -2.11. The third-order valence-electron chi connectivity index (χ3n) is 2.69. The Kier molecular flexibility index (Phi) is 3.04. The van der Waals surface area contributed by atoms with Crippen molar-refractivity contribution in [3.05, 3.63) is 38.9 Å². The first kappa shape index (κ1) is 12.5. The van der Waals surface area contributed by atoms with Gasteiger partial charge in [0.25, 0.3) is 5.56 Å². The minimum Gasteiger partial charge on any atom is -0.478 e. The van der Waals surface area contributed by atoms with E-state index in [0.29, 0.717) is 15.7 Å². The van der Waals surface area contributed by atoms with Crippen molar-refractivity contribution in [2.24, 2.45) is 0 Å². The molecule has 1 aromatic carbocycles. The van der Waals surface area contributed by atoms with E-state index in [1.807, 2.05) is 13.8 Å². The monoisotopic (exact) mass is 264 g/mol. The van der Waals surface area contributed by atoms with Gasteiger partial charge in [-0.2, -0.15) is 0 Å². The van der Waals surface area contributed by atoms with Gasteiger partial charge in [0.15, 0.2) is 4.77 Å². The van der Waals surface area contributed by atoms with Crippen LogP contribution in [0.5, 0.6) is 0 Å². The van der Waals surface area contributed by atoms with Crippen LogP contribution in [-0.4, -0.2) is 20.6 Å². The van der Waals surface area contributed by atoms with Crippen LogP contribution in [0.25, 0.3) is 10.9 Å². The van der Waals surface area contributed by atoms with Crippen LogP contribution in [0.3, 0.4) is 0 Å². The van der Waals surface area contributed by atoms with Crippen LogP contribution in [0, 0.1) is 4.77 Å². The van der Waals surface area contributed by atoms with Crippen LogP contribution in [0.2, 0.25) is 0 Å². The van der Waals surface area contributed by atoms with E-state index in [-0.39, 0.29) is 17.2 Å². The molecule has 0 aliphatic rings. The number of hydrogen-bond acceptors (Lipinski definition) is 3. The number of aromatic nitrogens is 2. The number of hydrogen-bond donors (Lipinski definition) is 2. The molecule has 0 fully saturated rings. The summed E-state index contributed by atoms with van der Waals surface area (Å²) in [6, 6.07) is 4.28. The van der Waals surface area contributed by atoms with Crippen LogP contribution in [0.1, 0.15) is 30.2 Å². The molecule has 6 heteroatoms. The van der Waals surface area contributed by atoms with Gasteiger partial charge in [-0.3, -0.25) is 9.36 Å². The highest BCUT2D eigenvalue weighted by molar-refractivity contribution is 7.71. The summed E-state index contributed by atoms with van der Waals surface area (Å²) in [4.78, 5) is 26.0. The van der Waals surface area contributed by atoms with E-state index in [1.165, 1.54) is 22.8 Å². The molecule has 2 rings (SSSR count). The van der Waals surface area contributed by atoms with Gasteiger partial charge >= 0.3 is 5.97 Å². The highest BCUT2D eigenvalue weighted by atomic mass is 32.1. The summed E-state index contributed by atoms with van der Waals surface area (Å²) in [6.07, 6.45) is 0. The smallest absolute Gasteiger partial charge is 0.335 e. The lowest BCUT2D eigenvalue weighted by molar-refractivity contribution is 0.0697. The van der Waals surface area contributed by atoms with Gasteiger partial charge in [0.05, 0.1) is 16.5 Å². The number of rotatable bonds is 2. The molecule has 1 aromatic heterocycles. The number of nitrogens with zero attached hydrogens (tertiary/aromatic N) is 1. The fourth-order valence-corrected chi connectivity index (χ4v) is 2.24. The Labute approximate surface area is 108 Å². The Bertz CT molecular complexity index is 743. The van der Waals surface area contributed by atoms with Crippen molar-refractivity contribution >= 4 is 29.1 Å². The standard InChI is InChI=1S/C12H12N2O3S/c1-6(2)14-10(15)8-4-3-7(11(16)17)5-9(8)13-12(14)18/h3-6H,1-2H3,(H,13,18)(H,16,17). The molecule has 0 radical (unpaired) electrons. The number of carbonyl (C=O) groups is 1. The number of carboxylic acids is 1. The van der Waals surface area contributed by atoms with Crippen LogP contribution >= 0.6 is 12.2 Å². The molecule has 0 saturated carbocycles. The fraction of sp³-hybridized carbons (Fsp3) is 0.250. The first-order chi connectivity index (χ1) is 8.41. The third-order valence-corrected chi connectivity index (χ3v) is 2.99. The zero-order valence-corrected chi connectivity index (χ0v) is 10.7. The maximum Gasteiger partial charge on any atom is 0.335 e. The van der Waals surface area contributed by atoms with Crippen LogP contribution in [-0.2, 0) is 0 Å². The molecule has 0 amide bonds. The zero-order valence-electron chi connectivity index (χ0n) is 9.93. The van der Waals surface area contributed by atoms with Gasteiger partial charge in [0.2, 0.25) is 0 Å². The molecule has 0 aliphatic carbocycles. The summed E-state index contributed by atoms with van der Waals surface area (Å²) >= 11 is 5.11. The van der Waals surface area contributed by atoms with Crippen LogP contribution in [0.4, 0.5) is 0 Å². The topological polar surface area (TPSA) is 75.1 Å². The van der Waals surface area contributed by atoms with Crippen molar-refractivity contribution in [1.29, 1.82) is 0 Å². The van der Waals surface area contributed by atoms with Crippen molar-refractivity contribution in [3.63, 3.8) is 0 Å². The van der Waals surface area contributed by atoms with Crippen LogP contribution < -0.4 is 5.56 Å². The number of fused-ring (bicyclic) bond motifs is 1. The minimum absolute atomic E-state index is 0.0511. The third kappa shape index (κ3) is 1.95. The Balaban J connectivity index is 2.87. The number of benzene rings is 1. The normalized spacial score (nSPS) is 11.1. The molecule has 0 unspecified atom stereocenters. The molecule has 0 aliphatic heterocycles. The van der Waals surface area contributed by atoms with E-state index in [2.05, 4.69) is 4.98 Å². The number of aromatic carboxylic acids is 1.